The van der Waals surface area contributed by atoms with Crippen LogP contribution in [-0.2, 0) is 17.5 Å². The van der Waals surface area contributed by atoms with E-state index in [0.29, 0.717) is 41.3 Å². The van der Waals surface area contributed by atoms with Gasteiger partial charge in [-0.3, -0.25) is 14.5 Å². The van der Waals surface area contributed by atoms with E-state index in [9.17, 15) is 22.8 Å². The summed E-state index contributed by atoms with van der Waals surface area (Å²) in [6.45, 7) is 8.46. The second-order valence-corrected chi connectivity index (χ2v) is 11.7. The van der Waals surface area contributed by atoms with Crippen LogP contribution in [0.15, 0.2) is 79.6 Å². The first-order chi connectivity index (χ1) is 23.9. The molecule has 50 heavy (non-hydrogen) atoms. The monoisotopic (exact) mass is 683 g/mol. The van der Waals surface area contributed by atoms with Gasteiger partial charge in [0.05, 0.1) is 35.2 Å². The minimum absolute atomic E-state index is 0.0275. The molecule has 3 N–H and O–H groups in total. The maximum absolute atomic E-state index is 14.1. The Labute approximate surface area is 288 Å². The van der Waals surface area contributed by atoms with Gasteiger partial charge in [0, 0.05) is 56.4 Å². The molecule has 2 heterocycles. The first-order valence-corrected chi connectivity index (χ1v) is 15.7. The van der Waals surface area contributed by atoms with Crippen molar-refractivity contribution in [1.29, 1.82) is 0 Å². The molecule has 5 rings (SSSR count). The van der Waals surface area contributed by atoms with Crippen molar-refractivity contribution < 1.29 is 27.5 Å². The molecule has 2 amide bonds. The average molecular weight is 684 g/mol. The summed E-state index contributed by atoms with van der Waals surface area (Å²) in [5.74, 6) is 5.63. The van der Waals surface area contributed by atoms with Crippen LogP contribution < -0.4 is 20.7 Å². The number of piperazine rings is 1. The molecule has 0 saturated carbocycles. The Morgan fingerprint density at radius 3 is 2.42 bits per heavy atom. The number of hydrogen-bond donors (Lipinski definition) is 3. The number of amides is 2. The zero-order valence-corrected chi connectivity index (χ0v) is 27.8. The van der Waals surface area contributed by atoms with Crippen molar-refractivity contribution in [2.24, 2.45) is 0 Å². The first-order valence-electron chi connectivity index (χ1n) is 15.7. The van der Waals surface area contributed by atoms with E-state index in [0.717, 1.165) is 24.7 Å². The van der Waals surface area contributed by atoms with E-state index >= 15 is 0 Å². The third-order valence-corrected chi connectivity index (χ3v) is 8.07. The molecule has 10 nitrogen and oxygen atoms in total. The number of methoxy groups -OCH3 is 1. The molecule has 1 aliphatic rings. The van der Waals surface area contributed by atoms with Crippen molar-refractivity contribution in [1.82, 2.24) is 19.8 Å². The lowest BCUT2D eigenvalue weighted by atomic mass is 10.0. The van der Waals surface area contributed by atoms with Gasteiger partial charge in [0.15, 0.2) is 0 Å². The largest absolute Gasteiger partial charge is 0.495 e. The first kappa shape index (κ1) is 35.6. The number of anilines is 4. The zero-order chi connectivity index (χ0) is 35.8. The van der Waals surface area contributed by atoms with Gasteiger partial charge in [0.2, 0.25) is 11.9 Å². The molecular weight excluding hydrogens is 647 g/mol. The molecule has 1 aromatic heterocycles. The summed E-state index contributed by atoms with van der Waals surface area (Å²) < 4.78 is 47.6. The van der Waals surface area contributed by atoms with Crippen LogP contribution in [0.1, 0.15) is 38.2 Å². The van der Waals surface area contributed by atoms with Crippen LogP contribution in [0.2, 0.25) is 0 Å². The predicted molar refractivity (Wildman–Crippen MR) is 186 cm³/mol. The van der Waals surface area contributed by atoms with Crippen molar-refractivity contribution in [2.75, 3.05) is 56.3 Å². The number of para-hydroxylation sites is 1. The van der Waals surface area contributed by atoms with Crippen molar-refractivity contribution in [3.63, 3.8) is 0 Å². The van der Waals surface area contributed by atoms with Crippen molar-refractivity contribution in [3.05, 3.63) is 113 Å². The summed E-state index contributed by atoms with van der Waals surface area (Å²) in [7, 11) is 3.45. The Kier molecular flexibility index (Phi) is 11.2. The number of likely N-dealkylation sites (N-methyl/N-ethyl adjacent to an activating group) is 1. The molecule has 1 aliphatic heterocycles. The number of halogens is 3. The highest BCUT2D eigenvalue weighted by atomic mass is 19.4. The molecule has 0 atom stereocenters. The summed E-state index contributed by atoms with van der Waals surface area (Å²) in [5.41, 5.74) is 2.45. The molecule has 1 saturated heterocycles. The lowest BCUT2D eigenvalue weighted by Crippen LogP contribution is -2.44. The number of carbonyl (C=O) groups excluding carboxylic acids is 2. The third-order valence-electron chi connectivity index (χ3n) is 8.07. The molecule has 0 bridgehead atoms. The molecule has 1 fully saturated rings. The fourth-order valence-electron chi connectivity index (χ4n) is 5.28. The minimum atomic E-state index is -4.59. The number of ether oxygens (including phenoxy) is 1. The lowest BCUT2D eigenvalue weighted by Gasteiger charge is -2.33. The van der Waals surface area contributed by atoms with Crippen LogP contribution in [0.25, 0.3) is 0 Å². The molecular formula is C37H36F3N7O3. The quantitative estimate of drug-likeness (QED) is 0.144. The second-order valence-electron chi connectivity index (χ2n) is 11.7. The number of aryl methyl sites for hydroxylation is 1. The smallest absolute Gasteiger partial charge is 0.416 e. The number of alkyl halides is 3. The number of carbonyl (C=O) groups is 2. The molecule has 4 aromatic rings. The van der Waals surface area contributed by atoms with Crippen molar-refractivity contribution in [2.45, 2.75) is 19.6 Å². The average Bonchev–Trinajstić information content (AvgIpc) is 3.10. The van der Waals surface area contributed by atoms with Crippen LogP contribution in [0.3, 0.4) is 0 Å². The Hall–Kier alpha value is -5.71. The number of hydrogen-bond acceptors (Lipinski definition) is 8. The summed E-state index contributed by atoms with van der Waals surface area (Å²) >= 11 is 0. The van der Waals surface area contributed by atoms with Gasteiger partial charge in [0.25, 0.3) is 5.91 Å². The van der Waals surface area contributed by atoms with E-state index in [2.05, 4.69) is 49.2 Å². The van der Waals surface area contributed by atoms with E-state index in [1.54, 1.807) is 12.1 Å². The van der Waals surface area contributed by atoms with Gasteiger partial charge < -0.3 is 25.6 Å². The Morgan fingerprint density at radius 2 is 1.74 bits per heavy atom. The number of benzene rings is 3. The van der Waals surface area contributed by atoms with E-state index < -0.39 is 17.6 Å². The summed E-state index contributed by atoms with van der Waals surface area (Å²) in [4.78, 5) is 37.9. The molecule has 0 radical (unpaired) electrons. The van der Waals surface area contributed by atoms with Crippen LogP contribution >= 0.6 is 0 Å². The summed E-state index contributed by atoms with van der Waals surface area (Å²) in [6, 6.07) is 13.9. The van der Waals surface area contributed by atoms with Gasteiger partial charge in [-0.2, -0.15) is 13.2 Å². The number of nitrogens with zero attached hydrogens (tertiary/aromatic N) is 4. The molecule has 0 unspecified atom stereocenters. The zero-order valence-electron chi connectivity index (χ0n) is 27.8. The highest BCUT2D eigenvalue weighted by Gasteiger charge is 2.34. The Morgan fingerprint density at radius 1 is 1.00 bits per heavy atom. The molecule has 258 valence electrons. The van der Waals surface area contributed by atoms with Gasteiger partial charge in [-0.15, -0.1) is 0 Å². The van der Waals surface area contributed by atoms with Gasteiger partial charge in [-0.1, -0.05) is 36.6 Å². The minimum Gasteiger partial charge on any atom is -0.495 e. The molecule has 13 heteroatoms. The van der Waals surface area contributed by atoms with E-state index in [4.69, 9.17) is 4.74 Å². The Balaban J connectivity index is 1.30. The van der Waals surface area contributed by atoms with Gasteiger partial charge in [-0.05, 0) is 67.6 Å². The number of aromatic nitrogens is 2. The highest BCUT2D eigenvalue weighted by molar-refractivity contribution is 6.04. The number of nitrogens with one attached hydrogen (secondary N) is 3. The van der Waals surface area contributed by atoms with Crippen molar-refractivity contribution in [3.8, 4) is 17.6 Å². The molecule has 0 spiro atoms. The summed E-state index contributed by atoms with van der Waals surface area (Å²) in [6.07, 6.45) is -0.390. The van der Waals surface area contributed by atoms with Gasteiger partial charge in [0.1, 0.15) is 5.75 Å². The normalized spacial score (nSPS) is 13.5. The maximum Gasteiger partial charge on any atom is 0.416 e. The van der Waals surface area contributed by atoms with Gasteiger partial charge in [-0.25, -0.2) is 9.97 Å². The fourth-order valence-corrected chi connectivity index (χ4v) is 5.28. The number of rotatable bonds is 9. The third kappa shape index (κ3) is 9.04. The van der Waals surface area contributed by atoms with E-state index in [1.807, 2.05) is 31.0 Å². The fraction of sp³-hybridized carbons (Fsp3) is 0.243. The standard InChI is InChI=1S/C37H36F3N7O3/c1-5-33(48)44-31-8-6-7-24(2)34(31)45-36-41-21-25(22-42-36)9-10-26-19-27(12-14-32(26)50-4)35(49)43-29-13-11-28(30(20-29)37(38,39)40)23-47-17-15-46(3)16-18-47/h5-8,11-14,19-22H,1,15-18,23H2,2-4H3,(H,43,49)(H,44,48)(H,41,42,45). The Bertz CT molecular complexity index is 1940. The maximum atomic E-state index is 14.1. The SMILES string of the molecule is C=CC(=O)Nc1cccc(C)c1Nc1ncc(C#Cc2cc(C(=O)Nc3ccc(CN4CCN(C)CC4)c(C(F)(F)F)c3)ccc2OC)cn1. The van der Waals surface area contributed by atoms with Crippen LogP contribution in [0, 0.1) is 18.8 Å². The van der Waals surface area contributed by atoms with Crippen LogP contribution in [0.4, 0.5) is 36.2 Å². The van der Waals surface area contributed by atoms with Crippen molar-refractivity contribution >= 4 is 34.8 Å². The second kappa shape index (κ2) is 15.7. The van der Waals surface area contributed by atoms with E-state index in [1.165, 1.54) is 49.8 Å². The predicted octanol–water partition coefficient (Wildman–Crippen LogP) is 6.08. The van der Waals surface area contributed by atoms with Gasteiger partial charge >= 0.3 is 6.18 Å². The topological polar surface area (TPSA) is 112 Å². The van der Waals surface area contributed by atoms with Crippen LogP contribution in [0.5, 0.6) is 5.75 Å². The lowest BCUT2D eigenvalue weighted by molar-refractivity contribution is -0.138. The highest BCUT2D eigenvalue weighted by Crippen LogP contribution is 2.35. The van der Waals surface area contributed by atoms with E-state index in [-0.39, 0.29) is 35.2 Å². The van der Waals surface area contributed by atoms with Crippen LogP contribution in [-0.4, -0.2) is 71.9 Å². The molecule has 0 aliphatic carbocycles. The molecule has 3 aromatic carbocycles. The summed E-state index contributed by atoms with van der Waals surface area (Å²) in [5, 5.41) is 8.45.